The summed E-state index contributed by atoms with van der Waals surface area (Å²) in [5.74, 6) is 0.710. The average Bonchev–Trinajstić information content (AvgIpc) is 3.39. The zero-order valence-electron chi connectivity index (χ0n) is 15.6. The van der Waals surface area contributed by atoms with Gasteiger partial charge in [0.1, 0.15) is 11.3 Å². The van der Waals surface area contributed by atoms with Crippen LogP contribution in [0.1, 0.15) is 5.56 Å². The van der Waals surface area contributed by atoms with E-state index < -0.39 is 0 Å². The molecule has 0 atom stereocenters. The topological polar surface area (TPSA) is 55.4 Å². The van der Waals surface area contributed by atoms with E-state index >= 15 is 0 Å². The Hall–Kier alpha value is -4.12. The molecule has 0 aliphatic rings. The predicted octanol–water partition coefficient (Wildman–Crippen LogP) is 5.73. The third-order valence-corrected chi connectivity index (χ3v) is 4.59. The van der Waals surface area contributed by atoms with Gasteiger partial charge in [-0.2, -0.15) is 10.2 Å². The normalized spacial score (nSPS) is 11.3. The summed E-state index contributed by atoms with van der Waals surface area (Å²) in [5, 5.41) is 10.2. The maximum Gasteiger partial charge on any atom is 0.156 e. The summed E-state index contributed by atoms with van der Waals surface area (Å²) in [5.41, 5.74) is 7.38. The number of hydrogen-bond acceptors (Lipinski definition) is 4. The quantitative estimate of drug-likeness (QED) is 0.314. The lowest BCUT2D eigenvalue weighted by Gasteiger charge is -1.98. The lowest BCUT2D eigenvalue weighted by Crippen LogP contribution is -1.93. The molecule has 0 amide bonds. The molecule has 0 unspecified atom stereocenters. The van der Waals surface area contributed by atoms with E-state index in [1.165, 1.54) is 0 Å². The van der Waals surface area contributed by atoms with Crippen LogP contribution in [0, 0.1) is 0 Å². The lowest BCUT2D eigenvalue weighted by atomic mass is 10.2. The summed E-state index contributed by atoms with van der Waals surface area (Å²) in [6.45, 7) is 0. The molecule has 3 aromatic carbocycles. The molecule has 1 N–H and O–H groups in total. The highest BCUT2D eigenvalue weighted by Crippen LogP contribution is 2.29. The van der Waals surface area contributed by atoms with Crippen molar-refractivity contribution < 1.29 is 4.42 Å². The molecule has 0 aliphatic carbocycles. The number of benzene rings is 3. The molecule has 0 radical (unpaired) electrons. The number of aromatic nitrogens is 2. The van der Waals surface area contributed by atoms with Crippen molar-refractivity contribution >= 4 is 22.9 Å². The number of nitrogens with one attached hydrogen (secondary N) is 1. The second-order valence-electron chi connectivity index (χ2n) is 6.60. The first kappa shape index (κ1) is 17.0. The van der Waals surface area contributed by atoms with Gasteiger partial charge in [0.25, 0.3) is 0 Å². The van der Waals surface area contributed by atoms with Crippen LogP contribution in [0.25, 0.3) is 28.1 Å². The van der Waals surface area contributed by atoms with E-state index in [1.54, 1.807) is 6.21 Å². The first-order valence-corrected chi connectivity index (χ1v) is 9.35. The standard InChI is InChI=1S/C24H18N4O/c1-3-10-20(11-4-1)26-25-16-19-17-28(21-12-5-2-6-13-21)27-24(19)23-15-18-9-7-8-14-22(18)29-23/h1-17,26H/b25-16-. The molecule has 2 aromatic heterocycles. The first-order valence-electron chi connectivity index (χ1n) is 9.35. The second kappa shape index (κ2) is 7.48. The van der Waals surface area contributed by atoms with Gasteiger partial charge in [0.05, 0.1) is 17.6 Å². The Morgan fingerprint density at radius 3 is 2.38 bits per heavy atom. The number of anilines is 1. The smallest absolute Gasteiger partial charge is 0.156 e. The summed E-state index contributed by atoms with van der Waals surface area (Å²) < 4.78 is 7.89. The van der Waals surface area contributed by atoms with Gasteiger partial charge in [-0.05, 0) is 36.4 Å². The molecular weight excluding hydrogens is 360 g/mol. The van der Waals surface area contributed by atoms with Crippen LogP contribution < -0.4 is 5.43 Å². The number of rotatable bonds is 5. The van der Waals surface area contributed by atoms with Crippen LogP contribution >= 0.6 is 0 Å². The molecule has 5 aromatic rings. The number of para-hydroxylation sites is 3. The Kier molecular flexibility index (Phi) is 4.39. The summed E-state index contributed by atoms with van der Waals surface area (Å²) in [7, 11) is 0. The van der Waals surface area contributed by atoms with Crippen LogP contribution in [-0.4, -0.2) is 16.0 Å². The Morgan fingerprint density at radius 2 is 1.59 bits per heavy atom. The predicted molar refractivity (Wildman–Crippen MR) is 116 cm³/mol. The zero-order valence-corrected chi connectivity index (χ0v) is 15.6. The molecule has 29 heavy (non-hydrogen) atoms. The third kappa shape index (κ3) is 3.53. The van der Waals surface area contributed by atoms with Gasteiger partial charge >= 0.3 is 0 Å². The molecule has 0 saturated carbocycles. The fourth-order valence-corrected chi connectivity index (χ4v) is 3.17. The average molecular weight is 378 g/mol. The maximum atomic E-state index is 6.05. The van der Waals surface area contributed by atoms with Crippen molar-refractivity contribution in [3.63, 3.8) is 0 Å². The van der Waals surface area contributed by atoms with E-state index in [4.69, 9.17) is 9.52 Å². The highest BCUT2D eigenvalue weighted by molar-refractivity contribution is 5.91. The van der Waals surface area contributed by atoms with Gasteiger partial charge in [-0.1, -0.05) is 54.6 Å². The molecule has 0 spiro atoms. The van der Waals surface area contributed by atoms with Crippen molar-refractivity contribution in [2.45, 2.75) is 0 Å². The SMILES string of the molecule is C(=N/Nc1ccccc1)/c1cn(-c2ccccc2)nc1-c1cc2ccccc2o1. The summed E-state index contributed by atoms with van der Waals surface area (Å²) in [4.78, 5) is 0. The zero-order chi connectivity index (χ0) is 19.5. The number of hydrazone groups is 1. The van der Waals surface area contributed by atoms with Crippen molar-refractivity contribution in [2.75, 3.05) is 5.43 Å². The lowest BCUT2D eigenvalue weighted by molar-refractivity contribution is 0.627. The van der Waals surface area contributed by atoms with Gasteiger partial charge in [0.15, 0.2) is 5.76 Å². The van der Waals surface area contributed by atoms with Gasteiger partial charge in [-0.15, -0.1) is 0 Å². The fraction of sp³-hybridized carbons (Fsp3) is 0. The Balaban J connectivity index is 1.55. The summed E-state index contributed by atoms with van der Waals surface area (Å²) in [6, 6.07) is 29.8. The highest BCUT2D eigenvalue weighted by Gasteiger charge is 2.15. The van der Waals surface area contributed by atoms with Crippen LogP contribution in [0.2, 0.25) is 0 Å². The number of fused-ring (bicyclic) bond motifs is 1. The van der Waals surface area contributed by atoms with Crippen LogP contribution in [0.4, 0.5) is 5.69 Å². The minimum absolute atomic E-state index is 0.710. The van der Waals surface area contributed by atoms with Gasteiger partial charge in [0, 0.05) is 17.1 Å². The van der Waals surface area contributed by atoms with Crippen LogP contribution in [0.5, 0.6) is 0 Å². The highest BCUT2D eigenvalue weighted by atomic mass is 16.3. The molecule has 140 valence electrons. The molecular formula is C24H18N4O. The van der Waals surface area contributed by atoms with Crippen molar-refractivity contribution in [1.82, 2.24) is 9.78 Å². The summed E-state index contributed by atoms with van der Waals surface area (Å²) >= 11 is 0. The minimum atomic E-state index is 0.710. The third-order valence-electron chi connectivity index (χ3n) is 4.59. The second-order valence-corrected chi connectivity index (χ2v) is 6.60. The first-order chi connectivity index (χ1) is 14.4. The molecule has 5 nitrogen and oxygen atoms in total. The minimum Gasteiger partial charge on any atom is -0.454 e. The van der Waals surface area contributed by atoms with Gasteiger partial charge < -0.3 is 4.42 Å². The van der Waals surface area contributed by atoms with Crippen molar-refractivity contribution in [3.8, 4) is 17.1 Å². The van der Waals surface area contributed by atoms with E-state index in [0.717, 1.165) is 33.6 Å². The van der Waals surface area contributed by atoms with E-state index in [1.807, 2.05) is 102 Å². The monoisotopic (exact) mass is 378 g/mol. The maximum absolute atomic E-state index is 6.05. The van der Waals surface area contributed by atoms with Crippen LogP contribution in [-0.2, 0) is 0 Å². The molecule has 0 saturated heterocycles. The van der Waals surface area contributed by atoms with Crippen molar-refractivity contribution in [3.05, 3.63) is 103 Å². The Bertz CT molecular complexity index is 1240. The Morgan fingerprint density at radius 1 is 0.862 bits per heavy atom. The van der Waals surface area contributed by atoms with Crippen LogP contribution in [0.3, 0.4) is 0 Å². The molecule has 5 heteroatoms. The molecule has 0 aliphatic heterocycles. The van der Waals surface area contributed by atoms with Crippen LogP contribution in [0.15, 0.2) is 107 Å². The number of furan rings is 1. The van der Waals surface area contributed by atoms with Gasteiger partial charge in [0.2, 0.25) is 0 Å². The Labute approximate surface area is 167 Å². The molecule has 2 heterocycles. The molecule has 0 bridgehead atoms. The fourth-order valence-electron chi connectivity index (χ4n) is 3.17. The number of nitrogens with zero attached hydrogens (tertiary/aromatic N) is 3. The van der Waals surface area contributed by atoms with E-state index in [-0.39, 0.29) is 0 Å². The largest absolute Gasteiger partial charge is 0.454 e. The molecule has 0 fully saturated rings. The van der Waals surface area contributed by atoms with Crippen molar-refractivity contribution in [1.29, 1.82) is 0 Å². The van der Waals surface area contributed by atoms with Gasteiger partial charge in [-0.25, -0.2) is 4.68 Å². The summed E-state index contributed by atoms with van der Waals surface area (Å²) in [6.07, 6.45) is 3.72. The number of hydrogen-bond donors (Lipinski definition) is 1. The van der Waals surface area contributed by atoms with Crippen molar-refractivity contribution in [2.24, 2.45) is 5.10 Å². The van der Waals surface area contributed by atoms with Gasteiger partial charge in [-0.3, -0.25) is 5.43 Å². The van der Waals surface area contributed by atoms with E-state index in [0.29, 0.717) is 5.76 Å². The molecule has 5 rings (SSSR count). The van der Waals surface area contributed by atoms with E-state index in [2.05, 4.69) is 10.5 Å². The van der Waals surface area contributed by atoms with E-state index in [9.17, 15) is 0 Å².